The average Bonchev–Trinajstić information content (AvgIpc) is 2.24. The van der Waals surface area contributed by atoms with Crippen LogP contribution in [0, 0.1) is 0 Å². The smallest absolute Gasteiger partial charge is 0.215 e. The molecule has 0 bridgehead atoms. The fourth-order valence-corrected chi connectivity index (χ4v) is 1.84. The summed E-state index contributed by atoms with van der Waals surface area (Å²) in [6.07, 6.45) is 9.76. The molecule has 0 aliphatic rings. The maximum atomic E-state index is 8.63. The molecule has 0 aromatic carbocycles. The number of quaternary nitrogens is 1. The number of nitrogens with zero attached hydrogens (tertiary/aromatic N) is 1. The predicted molar refractivity (Wildman–Crippen MR) is 77.8 cm³/mol. The van der Waals surface area contributed by atoms with E-state index in [2.05, 4.69) is 27.9 Å². The van der Waals surface area contributed by atoms with Crippen molar-refractivity contribution in [2.75, 3.05) is 27.2 Å². The minimum atomic E-state index is -4.92. The van der Waals surface area contributed by atoms with Gasteiger partial charge in [0.2, 0.25) is 10.4 Å². The second-order valence-electron chi connectivity index (χ2n) is 5.58. The van der Waals surface area contributed by atoms with E-state index in [1.807, 2.05) is 0 Å². The van der Waals surface area contributed by atoms with Gasteiger partial charge in [-0.3, -0.25) is 4.55 Å². The third-order valence-corrected chi connectivity index (χ3v) is 2.98. The van der Waals surface area contributed by atoms with E-state index < -0.39 is 10.4 Å². The van der Waals surface area contributed by atoms with Crippen molar-refractivity contribution in [1.29, 1.82) is 0 Å². The van der Waals surface area contributed by atoms with E-state index in [-0.39, 0.29) is 0 Å². The highest BCUT2D eigenvalue weighted by Crippen LogP contribution is 2.08. The lowest BCUT2D eigenvalue weighted by Gasteiger charge is -2.29. The third kappa shape index (κ3) is 27.1. The molecule has 0 unspecified atom stereocenters. The second-order valence-corrected chi connectivity index (χ2v) is 6.43. The number of unbranched alkanes of at least 4 members (excludes halogenated alkanes) is 5. The summed E-state index contributed by atoms with van der Waals surface area (Å²) in [6, 6.07) is 0. The van der Waals surface area contributed by atoms with Crippen LogP contribution in [0.4, 0.5) is 0 Å². The molecule has 0 amide bonds. The summed E-state index contributed by atoms with van der Waals surface area (Å²) in [4.78, 5) is 0. The lowest BCUT2D eigenvalue weighted by atomic mass is 10.1. The van der Waals surface area contributed by atoms with Crippen LogP contribution in [0.1, 0.15) is 58.8 Å². The third-order valence-electron chi connectivity index (χ3n) is 2.98. The Labute approximate surface area is 119 Å². The van der Waals surface area contributed by atoms with Gasteiger partial charge in [0, 0.05) is 0 Å². The van der Waals surface area contributed by atoms with Gasteiger partial charge in [-0.25, -0.2) is 8.42 Å². The molecule has 5 nitrogen and oxygen atoms in total. The molecule has 0 spiro atoms. The number of rotatable bonds is 9. The largest absolute Gasteiger partial charge is 0.726 e. The average molecular weight is 297 g/mol. The Morgan fingerprint density at radius 3 is 1.68 bits per heavy atom. The van der Waals surface area contributed by atoms with E-state index in [4.69, 9.17) is 17.5 Å². The predicted octanol–water partition coefficient (Wildman–Crippen LogP) is 2.84. The molecule has 0 aromatic rings. The summed E-state index contributed by atoms with van der Waals surface area (Å²) < 4.78 is 34.1. The zero-order valence-electron chi connectivity index (χ0n) is 12.9. The Kier molecular flexibility index (Phi) is 12.9. The number of hydrogen-bond acceptors (Lipinski definition) is 3. The van der Waals surface area contributed by atoms with Crippen LogP contribution in [-0.4, -0.2) is 49.2 Å². The highest BCUT2D eigenvalue weighted by molar-refractivity contribution is 7.79. The van der Waals surface area contributed by atoms with Gasteiger partial charge < -0.3 is 9.04 Å². The van der Waals surface area contributed by atoms with Crippen molar-refractivity contribution in [2.24, 2.45) is 0 Å². The molecule has 0 fully saturated rings. The molecule has 0 saturated heterocycles. The molecule has 6 heteroatoms. The maximum absolute atomic E-state index is 8.63. The van der Waals surface area contributed by atoms with Gasteiger partial charge in [0.1, 0.15) is 0 Å². The van der Waals surface area contributed by atoms with E-state index >= 15 is 0 Å². The quantitative estimate of drug-likeness (QED) is 0.307. The Morgan fingerprint density at radius 2 is 1.26 bits per heavy atom. The van der Waals surface area contributed by atoms with Gasteiger partial charge >= 0.3 is 0 Å². The monoisotopic (exact) mass is 297 g/mol. The summed E-state index contributed by atoms with van der Waals surface area (Å²) in [6.45, 7) is 7.27. The van der Waals surface area contributed by atoms with E-state index in [0.29, 0.717) is 0 Å². The highest BCUT2D eigenvalue weighted by atomic mass is 32.3. The van der Waals surface area contributed by atoms with Gasteiger partial charge in [-0.1, -0.05) is 39.5 Å². The molecule has 0 radical (unpaired) electrons. The summed E-state index contributed by atoms with van der Waals surface area (Å²) in [5, 5.41) is 0. The van der Waals surface area contributed by atoms with Crippen LogP contribution in [0.5, 0.6) is 0 Å². The zero-order chi connectivity index (χ0) is 15.4. The van der Waals surface area contributed by atoms with E-state index in [1.165, 1.54) is 62.5 Å². The standard InChI is InChI=1S/C13H30N.H2O4S/c1-5-7-9-10-11-13-14(3,4)12-8-6-2;1-5(2,3)4/h5-13H2,1-4H3;(H2,1,2,3,4)/q+1;/p-1. The molecule has 0 rings (SSSR count). The first-order valence-electron chi connectivity index (χ1n) is 7.12. The fourth-order valence-electron chi connectivity index (χ4n) is 1.84. The van der Waals surface area contributed by atoms with Crippen LogP contribution in [0.25, 0.3) is 0 Å². The Bertz CT molecular complexity index is 281. The first kappa shape index (κ1) is 21.1. The Balaban J connectivity index is 0. The van der Waals surface area contributed by atoms with Gasteiger partial charge in [-0.15, -0.1) is 0 Å². The van der Waals surface area contributed by atoms with E-state index in [1.54, 1.807) is 0 Å². The summed E-state index contributed by atoms with van der Waals surface area (Å²) in [7, 11) is -0.176. The number of hydrogen-bond donors (Lipinski definition) is 1. The van der Waals surface area contributed by atoms with E-state index in [0.717, 1.165) is 0 Å². The van der Waals surface area contributed by atoms with Crippen molar-refractivity contribution >= 4 is 10.4 Å². The molecule has 1 N–H and O–H groups in total. The van der Waals surface area contributed by atoms with Crippen LogP contribution >= 0.6 is 0 Å². The van der Waals surface area contributed by atoms with Crippen molar-refractivity contribution in [3.8, 4) is 0 Å². The van der Waals surface area contributed by atoms with Crippen molar-refractivity contribution in [3.05, 3.63) is 0 Å². The summed E-state index contributed by atoms with van der Waals surface area (Å²) >= 11 is 0. The van der Waals surface area contributed by atoms with Crippen LogP contribution in [0.3, 0.4) is 0 Å². The van der Waals surface area contributed by atoms with Crippen LogP contribution in [-0.2, 0) is 10.4 Å². The molecule has 0 aromatic heterocycles. The Morgan fingerprint density at radius 1 is 0.895 bits per heavy atom. The van der Waals surface area contributed by atoms with Crippen LogP contribution in [0.15, 0.2) is 0 Å². The molecule has 118 valence electrons. The molecular weight excluding hydrogens is 266 g/mol. The fraction of sp³-hybridized carbons (Fsp3) is 1.00. The van der Waals surface area contributed by atoms with Crippen molar-refractivity contribution in [2.45, 2.75) is 58.8 Å². The van der Waals surface area contributed by atoms with Gasteiger partial charge in [0.25, 0.3) is 0 Å². The minimum Gasteiger partial charge on any atom is -0.726 e. The molecule has 0 aliphatic carbocycles. The second kappa shape index (κ2) is 11.6. The highest BCUT2D eigenvalue weighted by Gasteiger charge is 2.12. The van der Waals surface area contributed by atoms with Gasteiger partial charge in [0.15, 0.2) is 0 Å². The first-order chi connectivity index (χ1) is 8.62. The zero-order valence-corrected chi connectivity index (χ0v) is 13.7. The topological polar surface area (TPSA) is 77.4 Å². The van der Waals surface area contributed by atoms with Crippen LogP contribution in [0.2, 0.25) is 0 Å². The SMILES string of the molecule is CCCCCCC[N+](C)(C)CCCC.O=S(=O)([O-])O. The maximum Gasteiger partial charge on any atom is 0.215 e. The molecule has 0 aliphatic heterocycles. The summed E-state index contributed by atoms with van der Waals surface area (Å²) in [5.74, 6) is 0. The first-order valence-corrected chi connectivity index (χ1v) is 8.49. The summed E-state index contributed by atoms with van der Waals surface area (Å²) in [5.41, 5.74) is 0. The lowest BCUT2D eigenvalue weighted by molar-refractivity contribution is -0.890. The molecule has 19 heavy (non-hydrogen) atoms. The normalized spacial score (nSPS) is 11.9. The molecule has 0 saturated carbocycles. The van der Waals surface area contributed by atoms with E-state index in [9.17, 15) is 0 Å². The molecular formula is C13H31NO4S. The van der Waals surface area contributed by atoms with Crippen molar-refractivity contribution < 1.29 is 22.0 Å². The van der Waals surface area contributed by atoms with Gasteiger partial charge in [0.05, 0.1) is 27.2 Å². The minimum absolute atomic E-state index is 1.22. The molecule has 0 heterocycles. The van der Waals surface area contributed by atoms with Gasteiger partial charge in [-0.05, 0) is 19.3 Å². The van der Waals surface area contributed by atoms with Crippen molar-refractivity contribution in [3.63, 3.8) is 0 Å². The van der Waals surface area contributed by atoms with Crippen LogP contribution < -0.4 is 0 Å². The van der Waals surface area contributed by atoms with Crippen molar-refractivity contribution in [1.82, 2.24) is 0 Å². The Hall–Kier alpha value is -0.170. The molecule has 0 atom stereocenters. The lowest BCUT2D eigenvalue weighted by Crippen LogP contribution is -2.41. The van der Waals surface area contributed by atoms with Gasteiger partial charge in [-0.2, -0.15) is 0 Å².